The maximum atomic E-state index is 6.16. The van der Waals surface area contributed by atoms with Crippen LogP contribution in [0, 0.1) is 0 Å². The summed E-state index contributed by atoms with van der Waals surface area (Å²) in [7, 11) is 1.69. The first-order valence-electron chi connectivity index (χ1n) is 8.39. The number of halogens is 2. The third-order valence-corrected chi connectivity index (χ3v) is 5.40. The summed E-state index contributed by atoms with van der Waals surface area (Å²) in [6, 6.07) is 19.0. The molecule has 0 aliphatic carbocycles. The first kappa shape index (κ1) is 16.7. The van der Waals surface area contributed by atoms with Gasteiger partial charge in [-0.25, -0.2) is 0 Å². The molecule has 4 rings (SSSR count). The molecule has 1 aliphatic rings. The normalized spacial score (nSPS) is 20.1. The van der Waals surface area contributed by atoms with Gasteiger partial charge in [0.05, 0.1) is 7.11 Å². The van der Waals surface area contributed by atoms with Crippen LogP contribution in [0.5, 0.6) is 5.75 Å². The van der Waals surface area contributed by atoms with E-state index in [1.54, 1.807) is 13.2 Å². The first-order chi connectivity index (χ1) is 12.1. The SMILES string of the molecule is COc1ccc2cc([C@H]3C[C@H](c4cc(Cl)cc(Cl)c4)CN3)ccc2c1. The van der Waals surface area contributed by atoms with Gasteiger partial charge in [-0.15, -0.1) is 0 Å². The highest BCUT2D eigenvalue weighted by molar-refractivity contribution is 6.34. The number of fused-ring (bicyclic) bond motifs is 1. The summed E-state index contributed by atoms with van der Waals surface area (Å²) in [4.78, 5) is 0. The molecule has 0 unspecified atom stereocenters. The largest absolute Gasteiger partial charge is 0.497 e. The summed E-state index contributed by atoms with van der Waals surface area (Å²) in [5, 5.41) is 7.46. The Hall–Kier alpha value is -1.74. The van der Waals surface area contributed by atoms with Gasteiger partial charge in [-0.05, 0) is 70.6 Å². The molecule has 25 heavy (non-hydrogen) atoms. The maximum Gasteiger partial charge on any atom is 0.119 e. The van der Waals surface area contributed by atoms with Crippen molar-refractivity contribution in [2.24, 2.45) is 0 Å². The zero-order chi connectivity index (χ0) is 17.4. The molecule has 128 valence electrons. The van der Waals surface area contributed by atoms with Gasteiger partial charge < -0.3 is 10.1 Å². The quantitative estimate of drug-likeness (QED) is 0.611. The van der Waals surface area contributed by atoms with Gasteiger partial charge in [0.2, 0.25) is 0 Å². The van der Waals surface area contributed by atoms with Crippen molar-refractivity contribution in [1.82, 2.24) is 5.32 Å². The van der Waals surface area contributed by atoms with Crippen molar-refractivity contribution >= 4 is 34.0 Å². The van der Waals surface area contributed by atoms with E-state index in [4.69, 9.17) is 27.9 Å². The monoisotopic (exact) mass is 371 g/mol. The number of rotatable bonds is 3. The minimum Gasteiger partial charge on any atom is -0.497 e. The number of benzene rings is 3. The smallest absolute Gasteiger partial charge is 0.119 e. The van der Waals surface area contributed by atoms with Gasteiger partial charge in [0.15, 0.2) is 0 Å². The van der Waals surface area contributed by atoms with Gasteiger partial charge in [0, 0.05) is 22.6 Å². The Morgan fingerprint density at radius 2 is 1.60 bits per heavy atom. The summed E-state index contributed by atoms with van der Waals surface area (Å²) >= 11 is 12.3. The molecular weight excluding hydrogens is 353 g/mol. The van der Waals surface area contributed by atoms with E-state index in [1.807, 2.05) is 18.2 Å². The average Bonchev–Trinajstić information content (AvgIpc) is 3.10. The number of hydrogen-bond acceptors (Lipinski definition) is 2. The average molecular weight is 372 g/mol. The van der Waals surface area contributed by atoms with E-state index >= 15 is 0 Å². The van der Waals surface area contributed by atoms with Crippen LogP contribution in [0.2, 0.25) is 10.0 Å². The number of methoxy groups -OCH3 is 1. The molecule has 0 radical (unpaired) electrons. The lowest BCUT2D eigenvalue weighted by Gasteiger charge is -2.13. The van der Waals surface area contributed by atoms with Crippen LogP contribution in [0.15, 0.2) is 54.6 Å². The van der Waals surface area contributed by atoms with Crippen LogP contribution in [0.3, 0.4) is 0 Å². The Kier molecular flexibility index (Phi) is 4.60. The highest BCUT2D eigenvalue weighted by Gasteiger charge is 2.27. The minimum absolute atomic E-state index is 0.342. The minimum atomic E-state index is 0.342. The molecule has 0 bridgehead atoms. The van der Waals surface area contributed by atoms with Crippen molar-refractivity contribution in [3.63, 3.8) is 0 Å². The lowest BCUT2D eigenvalue weighted by molar-refractivity contribution is 0.415. The van der Waals surface area contributed by atoms with E-state index in [1.165, 1.54) is 21.9 Å². The molecule has 1 aliphatic heterocycles. The summed E-state index contributed by atoms with van der Waals surface area (Å²) in [5.41, 5.74) is 2.52. The second-order valence-corrected chi connectivity index (χ2v) is 7.44. The van der Waals surface area contributed by atoms with Crippen LogP contribution in [0.4, 0.5) is 0 Å². The third-order valence-electron chi connectivity index (χ3n) is 4.96. The molecule has 1 heterocycles. The maximum absolute atomic E-state index is 6.16. The predicted molar refractivity (Wildman–Crippen MR) is 105 cm³/mol. The Morgan fingerprint density at radius 3 is 2.36 bits per heavy atom. The standard InChI is InChI=1S/C21H19Cl2NO/c1-25-20-5-4-13-6-15(3-2-14(13)9-20)21-10-17(12-24-21)16-7-18(22)11-19(23)8-16/h2-9,11,17,21,24H,10,12H2,1H3/t17-,21+/m0/s1. The van der Waals surface area contributed by atoms with Crippen LogP contribution in [-0.2, 0) is 0 Å². The molecule has 1 N–H and O–H groups in total. The molecule has 4 heteroatoms. The van der Waals surface area contributed by atoms with Crippen molar-refractivity contribution < 1.29 is 4.74 Å². The number of hydrogen-bond donors (Lipinski definition) is 1. The topological polar surface area (TPSA) is 21.3 Å². The van der Waals surface area contributed by atoms with E-state index in [-0.39, 0.29) is 0 Å². The Bertz CT molecular complexity index is 905. The van der Waals surface area contributed by atoms with Crippen molar-refractivity contribution in [1.29, 1.82) is 0 Å². The second kappa shape index (κ2) is 6.87. The first-order valence-corrected chi connectivity index (χ1v) is 9.15. The molecule has 1 fully saturated rings. The van der Waals surface area contributed by atoms with Gasteiger partial charge in [0.25, 0.3) is 0 Å². The Labute approximate surface area is 157 Å². The fourth-order valence-corrected chi connectivity index (χ4v) is 4.18. The van der Waals surface area contributed by atoms with Crippen LogP contribution in [-0.4, -0.2) is 13.7 Å². The van der Waals surface area contributed by atoms with Crippen molar-refractivity contribution in [2.75, 3.05) is 13.7 Å². The lowest BCUT2D eigenvalue weighted by Crippen LogP contribution is -2.13. The van der Waals surface area contributed by atoms with Crippen LogP contribution >= 0.6 is 23.2 Å². The summed E-state index contributed by atoms with van der Waals surface area (Å²) in [6.45, 7) is 0.933. The highest BCUT2D eigenvalue weighted by atomic mass is 35.5. The molecule has 0 aromatic heterocycles. The molecule has 2 atom stereocenters. The van der Waals surface area contributed by atoms with Gasteiger partial charge in [0.1, 0.15) is 5.75 Å². The van der Waals surface area contributed by atoms with Crippen molar-refractivity contribution in [3.8, 4) is 5.75 Å². The highest BCUT2D eigenvalue weighted by Crippen LogP contribution is 2.36. The van der Waals surface area contributed by atoms with Gasteiger partial charge in [-0.2, -0.15) is 0 Å². The second-order valence-electron chi connectivity index (χ2n) is 6.57. The van der Waals surface area contributed by atoms with Gasteiger partial charge in [-0.3, -0.25) is 0 Å². The summed E-state index contributed by atoms with van der Waals surface area (Å²) in [6.07, 6.45) is 1.04. The molecular formula is C21H19Cl2NO. The number of nitrogens with one attached hydrogen (secondary N) is 1. The van der Waals surface area contributed by atoms with Crippen LogP contribution in [0.1, 0.15) is 29.5 Å². The van der Waals surface area contributed by atoms with Crippen molar-refractivity contribution in [3.05, 3.63) is 75.8 Å². The molecule has 3 aromatic carbocycles. The van der Waals surface area contributed by atoms with Gasteiger partial charge in [-0.1, -0.05) is 41.4 Å². The third kappa shape index (κ3) is 3.48. The van der Waals surface area contributed by atoms with Crippen molar-refractivity contribution in [2.45, 2.75) is 18.4 Å². The Morgan fingerprint density at radius 1 is 0.880 bits per heavy atom. The molecule has 0 amide bonds. The Balaban J connectivity index is 1.57. The van der Waals surface area contributed by atoms with E-state index in [9.17, 15) is 0 Å². The zero-order valence-electron chi connectivity index (χ0n) is 13.9. The molecule has 0 spiro atoms. The van der Waals surface area contributed by atoms with Crippen LogP contribution < -0.4 is 10.1 Å². The van der Waals surface area contributed by atoms with Crippen LogP contribution in [0.25, 0.3) is 10.8 Å². The summed E-state index contributed by atoms with van der Waals surface area (Å²) < 4.78 is 5.30. The molecule has 3 aromatic rings. The zero-order valence-corrected chi connectivity index (χ0v) is 15.4. The fourth-order valence-electron chi connectivity index (χ4n) is 3.64. The van der Waals surface area contributed by atoms with E-state index in [2.05, 4.69) is 35.6 Å². The lowest BCUT2D eigenvalue weighted by atomic mass is 9.93. The number of ether oxygens (including phenoxy) is 1. The molecule has 1 saturated heterocycles. The predicted octanol–water partition coefficient (Wildman–Crippen LogP) is 5.97. The fraction of sp³-hybridized carbons (Fsp3) is 0.238. The van der Waals surface area contributed by atoms with E-state index in [0.717, 1.165) is 18.7 Å². The van der Waals surface area contributed by atoms with E-state index in [0.29, 0.717) is 22.0 Å². The van der Waals surface area contributed by atoms with Gasteiger partial charge >= 0.3 is 0 Å². The molecule has 0 saturated carbocycles. The molecule has 2 nitrogen and oxygen atoms in total. The van der Waals surface area contributed by atoms with E-state index < -0.39 is 0 Å². The summed E-state index contributed by atoms with van der Waals surface area (Å²) in [5.74, 6) is 1.31.